The number of hydrogen-bond donors (Lipinski definition) is 0. The van der Waals surface area contributed by atoms with Crippen LogP contribution in [0.25, 0.3) is 22.3 Å². The first kappa shape index (κ1) is 13.7. The fourth-order valence-corrected chi connectivity index (χ4v) is 16.8. The Bertz CT molecular complexity index is 968. The summed E-state index contributed by atoms with van der Waals surface area (Å²) in [6.07, 6.45) is 0. The second kappa shape index (κ2) is 4.74. The predicted octanol–water partition coefficient (Wildman–Crippen LogP) is 3.02. The molecule has 2 heterocycles. The molecule has 1 spiro atoms. The Morgan fingerprint density at radius 1 is 0.320 bits per heavy atom. The Morgan fingerprint density at radius 2 is 0.560 bits per heavy atom. The third-order valence-corrected chi connectivity index (χ3v) is 16.3. The summed E-state index contributed by atoms with van der Waals surface area (Å²) >= 11 is -2.84. The Kier molecular flexibility index (Phi) is 2.59. The van der Waals surface area contributed by atoms with Crippen LogP contribution in [0, 0.1) is 0 Å². The van der Waals surface area contributed by atoms with Crippen LogP contribution in [0.15, 0.2) is 97.1 Å². The van der Waals surface area contributed by atoms with Gasteiger partial charge >= 0.3 is 150 Å². The predicted molar refractivity (Wildman–Crippen MR) is 108 cm³/mol. The molecule has 0 saturated heterocycles. The zero-order chi connectivity index (χ0) is 16.4. The van der Waals surface area contributed by atoms with Crippen molar-refractivity contribution in [1.29, 1.82) is 0 Å². The molecule has 4 aromatic rings. The van der Waals surface area contributed by atoms with Crippen molar-refractivity contribution in [2.75, 3.05) is 0 Å². The van der Waals surface area contributed by atoms with Gasteiger partial charge in [-0.05, 0) is 0 Å². The first-order valence-corrected chi connectivity index (χ1v) is 13.0. The number of rotatable bonds is 0. The summed E-state index contributed by atoms with van der Waals surface area (Å²) in [6.45, 7) is 0. The second-order valence-corrected chi connectivity index (χ2v) is 14.6. The van der Waals surface area contributed by atoms with Gasteiger partial charge in [0.2, 0.25) is 0 Å². The van der Waals surface area contributed by atoms with E-state index in [0.717, 1.165) is 0 Å². The normalized spacial score (nSPS) is 14.7. The Balaban J connectivity index is 1.89. The SMILES string of the molecule is c1cc[c]2c(c1)-c1cccc[c]1[Ge]21[c]2ccccc2-c2cccc[c]21. The van der Waals surface area contributed by atoms with E-state index in [-0.39, 0.29) is 0 Å². The summed E-state index contributed by atoms with van der Waals surface area (Å²) in [5.74, 6) is 0. The van der Waals surface area contributed by atoms with Crippen LogP contribution in [0.3, 0.4) is 0 Å². The van der Waals surface area contributed by atoms with Crippen LogP contribution in [0.5, 0.6) is 0 Å². The van der Waals surface area contributed by atoms with Crippen LogP contribution in [-0.4, -0.2) is 13.3 Å². The van der Waals surface area contributed by atoms with Crippen LogP contribution < -0.4 is 17.6 Å². The topological polar surface area (TPSA) is 0 Å². The maximum atomic E-state index is 2.40. The fraction of sp³-hybridized carbons (Fsp3) is 0. The molecule has 0 atom stereocenters. The van der Waals surface area contributed by atoms with Crippen molar-refractivity contribution in [2.45, 2.75) is 0 Å². The molecule has 2 aliphatic heterocycles. The minimum atomic E-state index is -2.84. The van der Waals surface area contributed by atoms with Gasteiger partial charge in [0, 0.05) is 0 Å². The minimum absolute atomic E-state index is 1.45. The van der Waals surface area contributed by atoms with Gasteiger partial charge in [-0.3, -0.25) is 0 Å². The number of benzene rings is 4. The zero-order valence-electron chi connectivity index (χ0n) is 13.7. The van der Waals surface area contributed by atoms with Crippen LogP contribution in [0.4, 0.5) is 0 Å². The molecule has 0 bridgehead atoms. The molecule has 4 aromatic carbocycles. The zero-order valence-corrected chi connectivity index (χ0v) is 15.8. The van der Waals surface area contributed by atoms with Gasteiger partial charge in [0.05, 0.1) is 0 Å². The molecule has 1 heteroatoms. The van der Waals surface area contributed by atoms with Crippen LogP contribution in [0.1, 0.15) is 0 Å². The Labute approximate surface area is 150 Å². The first-order valence-electron chi connectivity index (χ1n) is 8.81. The third-order valence-electron chi connectivity index (χ3n) is 5.90. The molecule has 116 valence electrons. The average molecular weight is 377 g/mol. The molecule has 0 radical (unpaired) electrons. The van der Waals surface area contributed by atoms with Crippen molar-refractivity contribution < 1.29 is 0 Å². The molecule has 0 fully saturated rings. The van der Waals surface area contributed by atoms with Gasteiger partial charge < -0.3 is 0 Å². The maximum absolute atomic E-state index is 2.84. The molecule has 2 aliphatic rings. The van der Waals surface area contributed by atoms with Crippen molar-refractivity contribution in [3.05, 3.63) is 97.1 Å². The standard InChI is InChI=1S/C24H16Ge/c1-5-13-21-17(9-1)18-10-2-6-14-22(18)25(21)23-15-7-3-11-19(23)20-12-4-8-16-24(20)25/h1-16H. The van der Waals surface area contributed by atoms with Crippen LogP contribution >= 0.6 is 0 Å². The molecule has 0 aromatic heterocycles. The van der Waals surface area contributed by atoms with Crippen LogP contribution in [0.2, 0.25) is 0 Å². The average Bonchev–Trinajstić information content (AvgIpc) is 3.16. The van der Waals surface area contributed by atoms with E-state index in [1.54, 1.807) is 17.6 Å². The van der Waals surface area contributed by atoms with Gasteiger partial charge in [-0.2, -0.15) is 0 Å². The summed E-state index contributed by atoms with van der Waals surface area (Å²) in [5, 5.41) is 0. The summed E-state index contributed by atoms with van der Waals surface area (Å²) < 4.78 is 6.39. The van der Waals surface area contributed by atoms with E-state index in [0.29, 0.717) is 0 Å². The van der Waals surface area contributed by atoms with Gasteiger partial charge in [0.15, 0.2) is 0 Å². The van der Waals surface area contributed by atoms with E-state index in [1.807, 2.05) is 0 Å². The van der Waals surface area contributed by atoms with Gasteiger partial charge in [-0.1, -0.05) is 0 Å². The molecule has 0 aliphatic carbocycles. The van der Waals surface area contributed by atoms with E-state index in [2.05, 4.69) is 97.1 Å². The molecular formula is C24H16Ge. The molecule has 0 amide bonds. The summed E-state index contributed by atoms with van der Waals surface area (Å²) in [7, 11) is 0. The van der Waals surface area contributed by atoms with Crippen LogP contribution in [-0.2, 0) is 0 Å². The van der Waals surface area contributed by atoms with Gasteiger partial charge in [-0.25, -0.2) is 0 Å². The summed E-state index contributed by atoms with van der Waals surface area (Å²) in [6, 6.07) is 36.5. The third kappa shape index (κ3) is 1.50. The molecule has 0 saturated carbocycles. The van der Waals surface area contributed by atoms with E-state index >= 15 is 0 Å². The van der Waals surface area contributed by atoms with Crippen molar-refractivity contribution >= 4 is 30.8 Å². The van der Waals surface area contributed by atoms with Crippen molar-refractivity contribution in [2.24, 2.45) is 0 Å². The molecule has 0 unspecified atom stereocenters. The van der Waals surface area contributed by atoms with E-state index in [1.165, 1.54) is 22.3 Å². The van der Waals surface area contributed by atoms with Gasteiger partial charge in [0.1, 0.15) is 0 Å². The molecule has 0 N–H and O–H groups in total. The number of hydrogen-bond acceptors (Lipinski definition) is 0. The Hall–Kier alpha value is -2.58. The van der Waals surface area contributed by atoms with Gasteiger partial charge in [-0.15, -0.1) is 0 Å². The van der Waals surface area contributed by atoms with E-state index < -0.39 is 13.3 Å². The second-order valence-electron chi connectivity index (χ2n) is 6.93. The molecule has 6 rings (SSSR count). The fourth-order valence-electron chi connectivity index (χ4n) is 5.05. The van der Waals surface area contributed by atoms with E-state index in [9.17, 15) is 0 Å². The van der Waals surface area contributed by atoms with E-state index in [4.69, 9.17) is 0 Å². The van der Waals surface area contributed by atoms with Crippen molar-refractivity contribution in [3.63, 3.8) is 0 Å². The molecular weight excluding hydrogens is 361 g/mol. The quantitative estimate of drug-likeness (QED) is 0.357. The van der Waals surface area contributed by atoms with Crippen molar-refractivity contribution in [1.82, 2.24) is 0 Å². The first-order chi connectivity index (χ1) is 12.4. The molecule has 25 heavy (non-hydrogen) atoms. The summed E-state index contributed by atoms with van der Waals surface area (Å²) in [4.78, 5) is 0. The Morgan fingerprint density at radius 3 is 0.840 bits per heavy atom. The molecule has 0 nitrogen and oxygen atoms in total. The number of fused-ring (bicyclic) bond motifs is 10. The summed E-state index contributed by atoms with van der Waals surface area (Å²) in [5.41, 5.74) is 5.79. The van der Waals surface area contributed by atoms with Crippen molar-refractivity contribution in [3.8, 4) is 22.3 Å². The monoisotopic (exact) mass is 378 g/mol. The van der Waals surface area contributed by atoms with Gasteiger partial charge in [0.25, 0.3) is 0 Å².